The molecule has 0 radical (unpaired) electrons. The number of fused-ring (bicyclic) bond motifs is 1. The van der Waals surface area contributed by atoms with Crippen molar-refractivity contribution in [1.29, 1.82) is 0 Å². The summed E-state index contributed by atoms with van der Waals surface area (Å²) in [4.78, 5) is 14.2. The molecule has 1 amide bonds. The van der Waals surface area contributed by atoms with Crippen molar-refractivity contribution in [2.75, 3.05) is 4.90 Å². The van der Waals surface area contributed by atoms with E-state index in [2.05, 4.69) is 13.0 Å². The maximum Gasteiger partial charge on any atom is 0.261 e. The molecule has 112 valence electrons. The summed E-state index contributed by atoms with van der Waals surface area (Å²) in [6, 6.07) is 15.0. The smallest absolute Gasteiger partial charge is 0.261 e. The van der Waals surface area contributed by atoms with Gasteiger partial charge in [0, 0.05) is 16.7 Å². The second kappa shape index (κ2) is 5.78. The van der Waals surface area contributed by atoms with Crippen LogP contribution in [0.2, 0.25) is 0 Å². The number of para-hydroxylation sites is 1. The Morgan fingerprint density at radius 2 is 1.86 bits per heavy atom. The minimum absolute atomic E-state index is 0.151. The number of allylic oxidation sites excluding steroid dienone is 2. The number of rotatable bonds is 3. The summed E-state index contributed by atoms with van der Waals surface area (Å²) in [5.41, 5.74) is 4.15. The number of carbonyl (C=O) groups excluding carboxylic acids is 1. The van der Waals surface area contributed by atoms with Gasteiger partial charge in [0.2, 0.25) is 0 Å². The molecule has 0 saturated carbocycles. The highest BCUT2D eigenvalue weighted by molar-refractivity contribution is 6.11. The number of anilines is 1. The van der Waals surface area contributed by atoms with Crippen molar-refractivity contribution >= 4 is 17.2 Å². The highest BCUT2D eigenvalue weighted by atomic mass is 16.3. The van der Waals surface area contributed by atoms with E-state index in [9.17, 15) is 9.90 Å². The van der Waals surface area contributed by atoms with E-state index in [1.807, 2.05) is 43.3 Å². The normalized spacial score (nSPS) is 17.8. The number of hydrogen-bond donors (Lipinski definition) is 1. The van der Waals surface area contributed by atoms with E-state index >= 15 is 0 Å². The van der Waals surface area contributed by atoms with Crippen molar-refractivity contribution < 1.29 is 9.90 Å². The molecule has 1 atom stereocenters. The predicted molar refractivity (Wildman–Crippen MR) is 88.6 cm³/mol. The summed E-state index contributed by atoms with van der Waals surface area (Å²) in [7, 11) is 0. The lowest BCUT2D eigenvalue weighted by Crippen LogP contribution is -2.28. The van der Waals surface area contributed by atoms with E-state index in [4.69, 9.17) is 0 Å². The van der Waals surface area contributed by atoms with Crippen LogP contribution < -0.4 is 4.90 Å². The summed E-state index contributed by atoms with van der Waals surface area (Å²) < 4.78 is 0. The molecular formula is C19H19NO2. The van der Waals surface area contributed by atoms with Gasteiger partial charge in [-0.2, -0.15) is 0 Å². The van der Waals surface area contributed by atoms with Crippen LogP contribution in [0.25, 0.3) is 5.57 Å². The van der Waals surface area contributed by atoms with Gasteiger partial charge in [0.1, 0.15) is 0 Å². The number of nitrogens with zero attached hydrogens (tertiary/aromatic N) is 1. The third-order valence-electron chi connectivity index (χ3n) is 4.17. The van der Waals surface area contributed by atoms with Gasteiger partial charge in [-0.25, -0.2) is 0 Å². The Labute approximate surface area is 130 Å². The Hall–Kier alpha value is -2.39. The van der Waals surface area contributed by atoms with Crippen molar-refractivity contribution in [3.05, 3.63) is 71.3 Å². The minimum Gasteiger partial charge on any atom is -0.369 e. The Bertz CT molecular complexity index is 749. The minimum atomic E-state index is -0.931. The number of hydrogen-bond acceptors (Lipinski definition) is 2. The first-order valence-corrected chi connectivity index (χ1v) is 7.54. The lowest BCUT2D eigenvalue weighted by Gasteiger charge is -2.24. The maximum absolute atomic E-state index is 12.7. The second-order valence-corrected chi connectivity index (χ2v) is 5.32. The van der Waals surface area contributed by atoms with Gasteiger partial charge in [0.15, 0.2) is 6.23 Å². The molecule has 0 spiro atoms. The van der Waals surface area contributed by atoms with Crippen molar-refractivity contribution in [2.24, 2.45) is 0 Å². The topological polar surface area (TPSA) is 40.5 Å². The molecule has 3 nitrogen and oxygen atoms in total. The maximum atomic E-state index is 12.7. The van der Waals surface area contributed by atoms with Gasteiger partial charge in [-0.05, 0) is 31.1 Å². The van der Waals surface area contributed by atoms with Gasteiger partial charge < -0.3 is 5.11 Å². The first-order valence-electron chi connectivity index (χ1n) is 7.54. The molecule has 3 rings (SSSR count). The zero-order valence-electron chi connectivity index (χ0n) is 12.8. The fraction of sp³-hybridized carbons (Fsp3) is 0.211. The molecule has 2 aromatic carbocycles. The van der Waals surface area contributed by atoms with E-state index < -0.39 is 6.23 Å². The largest absolute Gasteiger partial charge is 0.369 e. The number of carbonyl (C=O) groups is 1. The molecule has 1 aliphatic heterocycles. The van der Waals surface area contributed by atoms with E-state index in [-0.39, 0.29) is 5.91 Å². The van der Waals surface area contributed by atoms with Gasteiger partial charge in [-0.15, -0.1) is 0 Å². The van der Waals surface area contributed by atoms with Crippen molar-refractivity contribution in [3.8, 4) is 0 Å². The molecular weight excluding hydrogens is 274 g/mol. The molecule has 1 aliphatic rings. The Kier molecular flexibility index (Phi) is 3.82. The van der Waals surface area contributed by atoms with Crippen molar-refractivity contribution in [2.45, 2.75) is 26.5 Å². The first kappa shape index (κ1) is 14.5. The molecule has 1 N–H and O–H groups in total. The second-order valence-electron chi connectivity index (χ2n) is 5.32. The molecule has 0 fully saturated rings. The van der Waals surface area contributed by atoms with Crippen LogP contribution in [-0.4, -0.2) is 11.0 Å². The fourth-order valence-electron chi connectivity index (χ4n) is 3.04. The van der Waals surface area contributed by atoms with E-state index in [0.717, 1.165) is 23.2 Å². The lowest BCUT2D eigenvalue weighted by molar-refractivity contribution is 0.0935. The summed E-state index contributed by atoms with van der Waals surface area (Å²) in [6.07, 6.45) is 2.00. The zero-order chi connectivity index (χ0) is 15.7. The average Bonchev–Trinajstić information content (AvgIpc) is 2.81. The molecule has 0 aromatic heterocycles. The van der Waals surface area contributed by atoms with Crippen LogP contribution in [0.5, 0.6) is 0 Å². The van der Waals surface area contributed by atoms with E-state index in [1.54, 1.807) is 12.1 Å². The zero-order valence-corrected chi connectivity index (χ0v) is 12.8. The fourth-order valence-corrected chi connectivity index (χ4v) is 3.04. The molecule has 1 unspecified atom stereocenters. The summed E-state index contributed by atoms with van der Waals surface area (Å²) in [5, 5.41) is 10.6. The Morgan fingerprint density at radius 1 is 1.18 bits per heavy atom. The summed E-state index contributed by atoms with van der Waals surface area (Å²) >= 11 is 0. The van der Waals surface area contributed by atoms with Gasteiger partial charge in [0.25, 0.3) is 5.91 Å². The molecule has 2 aromatic rings. The Balaban J connectivity index is 2.13. The highest BCUT2D eigenvalue weighted by Gasteiger charge is 2.37. The third kappa shape index (κ3) is 2.14. The lowest BCUT2D eigenvalue weighted by atomic mass is 10.0. The van der Waals surface area contributed by atoms with Crippen molar-refractivity contribution in [3.63, 3.8) is 0 Å². The average molecular weight is 293 g/mol. The molecule has 0 aliphatic carbocycles. The monoisotopic (exact) mass is 293 g/mol. The number of benzene rings is 2. The van der Waals surface area contributed by atoms with Crippen LogP contribution in [0.1, 0.15) is 48.0 Å². The number of aliphatic hydroxyl groups excluding tert-OH is 1. The highest BCUT2D eigenvalue weighted by Crippen LogP contribution is 2.39. The van der Waals surface area contributed by atoms with E-state index in [1.165, 1.54) is 4.90 Å². The molecule has 0 bridgehead atoms. The third-order valence-corrected chi connectivity index (χ3v) is 4.17. The van der Waals surface area contributed by atoms with Gasteiger partial charge >= 0.3 is 0 Å². The van der Waals surface area contributed by atoms with Crippen LogP contribution in [-0.2, 0) is 0 Å². The molecule has 1 heterocycles. The summed E-state index contributed by atoms with van der Waals surface area (Å²) in [6.45, 7) is 4.08. The van der Waals surface area contributed by atoms with Crippen molar-refractivity contribution in [1.82, 2.24) is 0 Å². The van der Waals surface area contributed by atoms with Crippen LogP contribution >= 0.6 is 0 Å². The molecule has 22 heavy (non-hydrogen) atoms. The van der Waals surface area contributed by atoms with Gasteiger partial charge in [-0.3, -0.25) is 9.69 Å². The van der Waals surface area contributed by atoms with Gasteiger partial charge in [0.05, 0.1) is 5.69 Å². The number of amides is 1. The number of aliphatic hydroxyl groups is 1. The first-order chi connectivity index (χ1) is 10.7. The van der Waals surface area contributed by atoms with Crippen LogP contribution in [0.15, 0.2) is 54.6 Å². The van der Waals surface area contributed by atoms with E-state index in [0.29, 0.717) is 11.1 Å². The molecule has 0 saturated heterocycles. The van der Waals surface area contributed by atoms with Crippen LogP contribution in [0.3, 0.4) is 0 Å². The quantitative estimate of drug-likeness (QED) is 0.923. The summed E-state index contributed by atoms with van der Waals surface area (Å²) in [5.74, 6) is -0.151. The standard InChI is InChI=1S/C19H19NO2/c1-3-13(4-2)14-9-7-8-12-17(14)20-18(21)15-10-5-6-11-16(15)19(20)22/h3,5-12,18,21H,4H2,1-2H3/b13-3+. The van der Waals surface area contributed by atoms with Crippen LogP contribution in [0, 0.1) is 0 Å². The SMILES string of the molecule is C/C=C(\CC)c1ccccc1N1C(=O)c2ccccc2C1O. The predicted octanol–water partition coefficient (Wildman–Crippen LogP) is 4.15. The molecule has 3 heteroatoms. The van der Waals surface area contributed by atoms with Crippen LogP contribution in [0.4, 0.5) is 5.69 Å². The van der Waals surface area contributed by atoms with Gasteiger partial charge in [-0.1, -0.05) is 49.4 Å². The Morgan fingerprint density at radius 3 is 2.55 bits per heavy atom.